The van der Waals surface area contributed by atoms with Gasteiger partial charge in [0, 0.05) is 35.8 Å². The molecule has 0 spiro atoms. The predicted molar refractivity (Wildman–Crippen MR) is 119 cm³/mol. The van der Waals surface area contributed by atoms with Crippen LogP contribution >= 0.6 is 22.9 Å². The molecule has 0 fully saturated rings. The van der Waals surface area contributed by atoms with E-state index < -0.39 is 9.84 Å². The molecular weight excluding hydrogens is 444 g/mol. The van der Waals surface area contributed by atoms with Crippen molar-refractivity contribution in [2.75, 3.05) is 26.5 Å². The highest BCUT2D eigenvalue weighted by Gasteiger charge is 2.16. The minimum atomic E-state index is -3.28. The van der Waals surface area contributed by atoms with E-state index in [1.165, 1.54) is 23.5 Å². The number of halogens is 1. The first-order valence-corrected chi connectivity index (χ1v) is 12.3. The maximum absolute atomic E-state index is 12.6. The summed E-state index contributed by atoms with van der Waals surface area (Å²) >= 11 is 7.32. The Hall–Kier alpha value is -2.42. The van der Waals surface area contributed by atoms with Gasteiger partial charge >= 0.3 is 0 Å². The fraction of sp³-hybridized carbons (Fsp3) is 0.238. The standard InChI is InChI=1S/C21H21ClN2O4S2/c1-24(11-4-12-28-17-5-3-6-18(13-17)30(2,26)27)21(25)19-14-29-20(23-19)15-7-9-16(22)10-8-15/h3,5-10,13-14H,4,11-12H2,1-2H3. The molecule has 158 valence electrons. The Labute approximate surface area is 185 Å². The molecule has 0 atom stereocenters. The number of nitrogens with zero attached hydrogens (tertiary/aromatic N) is 2. The molecule has 3 aromatic rings. The maximum atomic E-state index is 12.6. The van der Waals surface area contributed by atoms with Crippen LogP contribution in [0.25, 0.3) is 10.6 Å². The van der Waals surface area contributed by atoms with Crippen LogP contribution in [-0.4, -0.2) is 50.7 Å². The fourth-order valence-corrected chi connectivity index (χ4v) is 4.26. The van der Waals surface area contributed by atoms with Crippen molar-refractivity contribution in [3.8, 4) is 16.3 Å². The van der Waals surface area contributed by atoms with Crippen LogP contribution in [0, 0.1) is 0 Å². The molecule has 0 bridgehead atoms. The van der Waals surface area contributed by atoms with Crippen LogP contribution < -0.4 is 4.74 Å². The molecule has 2 aromatic carbocycles. The number of ether oxygens (including phenoxy) is 1. The maximum Gasteiger partial charge on any atom is 0.273 e. The Morgan fingerprint density at radius 1 is 1.20 bits per heavy atom. The summed E-state index contributed by atoms with van der Waals surface area (Å²) in [5.41, 5.74) is 1.31. The minimum Gasteiger partial charge on any atom is -0.493 e. The first-order valence-electron chi connectivity index (χ1n) is 9.14. The van der Waals surface area contributed by atoms with E-state index in [-0.39, 0.29) is 10.8 Å². The fourth-order valence-electron chi connectivity index (χ4n) is 2.68. The molecule has 0 aliphatic rings. The zero-order chi connectivity index (χ0) is 21.7. The quantitative estimate of drug-likeness (QED) is 0.461. The Balaban J connectivity index is 1.51. The van der Waals surface area contributed by atoms with Crippen LogP contribution in [0.5, 0.6) is 5.75 Å². The lowest BCUT2D eigenvalue weighted by atomic mass is 10.2. The third kappa shape index (κ3) is 5.81. The van der Waals surface area contributed by atoms with Gasteiger partial charge in [0.2, 0.25) is 0 Å². The summed E-state index contributed by atoms with van der Waals surface area (Å²) in [4.78, 5) is 18.8. The van der Waals surface area contributed by atoms with Crippen LogP contribution in [0.3, 0.4) is 0 Å². The molecule has 0 radical (unpaired) electrons. The molecule has 1 amide bonds. The summed E-state index contributed by atoms with van der Waals surface area (Å²) < 4.78 is 28.8. The lowest BCUT2D eigenvalue weighted by molar-refractivity contribution is 0.0783. The molecule has 6 nitrogen and oxygen atoms in total. The summed E-state index contributed by atoms with van der Waals surface area (Å²) in [7, 11) is -1.56. The zero-order valence-corrected chi connectivity index (χ0v) is 18.9. The first kappa shape index (κ1) is 22.3. The molecule has 0 saturated heterocycles. The SMILES string of the molecule is CN(CCCOc1cccc(S(C)(=O)=O)c1)C(=O)c1csc(-c2ccc(Cl)cc2)n1. The highest BCUT2D eigenvalue weighted by Crippen LogP contribution is 2.25. The molecule has 9 heteroatoms. The van der Waals surface area contributed by atoms with Crippen molar-refractivity contribution < 1.29 is 17.9 Å². The summed E-state index contributed by atoms with van der Waals surface area (Å²) in [5, 5.41) is 3.16. The third-order valence-corrected chi connectivity index (χ3v) is 6.55. The second-order valence-corrected chi connectivity index (χ2v) is 10.0. The Morgan fingerprint density at radius 3 is 2.63 bits per heavy atom. The number of benzene rings is 2. The summed E-state index contributed by atoms with van der Waals surface area (Å²) in [5.74, 6) is 0.324. The van der Waals surface area contributed by atoms with E-state index in [0.29, 0.717) is 36.0 Å². The van der Waals surface area contributed by atoms with Gasteiger partial charge < -0.3 is 9.64 Å². The number of thiazole rings is 1. The summed E-state index contributed by atoms with van der Waals surface area (Å²) in [6.07, 6.45) is 1.75. The van der Waals surface area contributed by atoms with Gasteiger partial charge in [-0.05, 0) is 36.8 Å². The molecule has 0 aliphatic heterocycles. The molecule has 0 aliphatic carbocycles. The van der Waals surface area contributed by atoms with Gasteiger partial charge in [-0.25, -0.2) is 13.4 Å². The minimum absolute atomic E-state index is 0.162. The van der Waals surface area contributed by atoms with Crippen molar-refractivity contribution in [1.29, 1.82) is 0 Å². The average molecular weight is 465 g/mol. The van der Waals surface area contributed by atoms with E-state index in [2.05, 4.69) is 4.98 Å². The smallest absolute Gasteiger partial charge is 0.273 e. The molecule has 0 unspecified atom stereocenters. The van der Waals surface area contributed by atoms with Crippen molar-refractivity contribution in [3.05, 3.63) is 64.6 Å². The van der Waals surface area contributed by atoms with Crippen LogP contribution in [0.15, 0.2) is 58.8 Å². The normalized spacial score (nSPS) is 11.3. The number of carbonyl (C=O) groups is 1. The first-order chi connectivity index (χ1) is 14.2. The predicted octanol–water partition coefficient (Wildman–Crippen LogP) is 4.41. The molecule has 0 N–H and O–H groups in total. The van der Waals surface area contributed by atoms with E-state index in [1.807, 2.05) is 12.1 Å². The van der Waals surface area contributed by atoms with Gasteiger partial charge in [-0.3, -0.25) is 4.79 Å². The van der Waals surface area contributed by atoms with Crippen molar-refractivity contribution in [3.63, 3.8) is 0 Å². The van der Waals surface area contributed by atoms with E-state index in [4.69, 9.17) is 16.3 Å². The van der Waals surface area contributed by atoms with E-state index >= 15 is 0 Å². The van der Waals surface area contributed by atoms with Crippen molar-refractivity contribution in [2.24, 2.45) is 0 Å². The highest BCUT2D eigenvalue weighted by atomic mass is 35.5. The average Bonchev–Trinajstić information content (AvgIpc) is 3.21. The number of rotatable bonds is 8. The van der Waals surface area contributed by atoms with Gasteiger partial charge in [-0.15, -0.1) is 11.3 Å². The zero-order valence-electron chi connectivity index (χ0n) is 16.5. The van der Waals surface area contributed by atoms with Gasteiger partial charge in [0.15, 0.2) is 9.84 Å². The van der Waals surface area contributed by atoms with Crippen LogP contribution in [0.1, 0.15) is 16.9 Å². The molecule has 3 rings (SSSR count). The number of aromatic nitrogens is 1. The van der Waals surface area contributed by atoms with E-state index in [9.17, 15) is 13.2 Å². The van der Waals surface area contributed by atoms with Crippen molar-refractivity contribution in [2.45, 2.75) is 11.3 Å². The highest BCUT2D eigenvalue weighted by molar-refractivity contribution is 7.90. The Kier molecular flexibility index (Phi) is 7.12. The lowest BCUT2D eigenvalue weighted by Crippen LogP contribution is -2.28. The van der Waals surface area contributed by atoms with Gasteiger partial charge in [0.05, 0.1) is 11.5 Å². The number of amides is 1. The van der Waals surface area contributed by atoms with Gasteiger partial charge in [-0.1, -0.05) is 29.8 Å². The van der Waals surface area contributed by atoms with Gasteiger partial charge in [0.1, 0.15) is 16.5 Å². The Morgan fingerprint density at radius 2 is 1.93 bits per heavy atom. The number of carbonyl (C=O) groups excluding carboxylic acids is 1. The van der Waals surface area contributed by atoms with Crippen molar-refractivity contribution >= 4 is 38.7 Å². The van der Waals surface area contributed by atoms with Crippen molar-refractivity contribution in [1.82, 2.24) is 9.88 Å². The number of hydrogen-bond acceptors (Lipinski definition) is 6. The second kappa shape index (κ2) is 9.59. The molecule has 30 heavy (non-hydrogen) atoms. The third-order valence-electron chi connectivity index (χ3n) is 4.30. The van der Waals surface area contributed by atoms with E-state index in [0.717, 1.165) is 16.8 Å². The second-order valence-electron chi connectivity index (χ2n) is 6.72. The molecular formula is C21H21ClN2O4S2. The number of sulfone groups is 1. The van der Waals surface area contributed by atoms with Crippen LogP contribution in [0.4, 0.5) is 0 Å². The van der Waals surface area contributed by atoms with Crippen LogP contribution in [-0.2, 0) is 9.84 Å². The lowest BCUT2D eigenvalue weighted by Gasteiger charge is -2.16. The summed E-state index contributed by atoms with van der Waals surface area (Å²) in [6.45, 7) is 0.844. The van der Waals surface area contributed by atoms with Crippen LogP contribution in [0.2, 0.25) is 5.02 Å². The number of hydrogen-bond donors (Lipinski definition) is 0. The Bertz CT molecular complexity index is 1130. The molecule has 0 saturated carbocycles. The van der Waals surface area contributed by atoms with Gasteiger partial charge in [0.25, 0.3) is 5.91 Å². The van der Waals surface area contributed by atoms with Gasteiger partial charge in [-0.2, -0.15) is 0 Å². The topological polar surface area (TPSA) is 76.6 Å². The summed E-state index contributed by atoms with van der Waals surface area (Å²) in [6, 6.07) is 13.7. The molecule has 1 heterocycles. The largest absolute Gasteiger partial charge is 0.493 e. The molecule has 1 aromatic heterocycles. The monoisotopic (exact) mass is 464 g/mol. The van der Waals surface area contributed by atoms with E-state index in [1.54, 1.807) is 41.6 Å².